The Bertz CT molecular complexity index is 285. The average Bonchev–Trinajstić information content (AvgIpc) is 2.57. The Balaban J connectivity index is 0.000000265. The zero-order valence-corrected chi connectivity index (χ0v) is 8.53. The van der Waals surface area contributed by atoms with Gasteiger partial charge in [-0.15, -0.1) is 11.3 Å². The molecule has 0 aliphatic carbocycles. The van der Waals surface area contributed by atoms with Gasteiger partial charge >= 0.3 is 6.18 Å². The van der Waals surface area contributed by atoms with Crippen molar-refractivity contribution in [2.75, 3.05) is 6.54 Å². The molecule has 0 aliphatic rings. The molecular formula is C8H10F3NO2S. The van der Waals surface area contributed by atoms with Crippen molar-refractivity contribution in [1.82, 2.24) is 0 Å². The molecular weight excluding hydrogens is 231 g/mol. The molecule has 15 heavy (non-hydrogen) atoms. The first-order chi connectivity index (χ1) is 6.88. The van der Waals surface area contributed by atoms with E-state index in [2.05, 4.69) is 23.2 Å². The van der Waals surface area contributed by atoms with Gasteiger partial charge in [-0.2, -0.15) is 13.2 Å². The van der Waals surface area contributed by atoms with E-state index in [4.69, 9.17) is 9.90 Å². The third kappa shape index (κ3) is 6.92. The standard InChI is InChI=1S/C6H9NS.C2HF3O2/c7-4-3-6-2-1-5-8-6;3-2(4,5)1(6)7/h1-2,5H,3-4,7H2;(H,6,7). The van der Waals surface area contributed by atoms with Gasteiger partial charge in [-0.05, 0) is 11.4 Å². The smallest absolute Gasteiger partial charge is 0.430 e. The van der Waals surface area contributed by atoms with E-state index in [0.717, 1.165) is 13.0 Å². The van der Waals surface area contributed by atoms with Crippen molar-refractivity contribution in [2.24, 2.45) is 0 Å². The lowest BCUT2D eigenvalue weighted by Crippen LogP contribution is -2.51. The molecule has 0 spiro atoms. The van der Waals surface area contributed by atoms with Crippen LogP contribution in [0.3, 0.4) is 0 Å². The normalized spacial score (nSPS) is 10.4. The first kappa shape index (κ1) is 13.9. The topological polar surface area (TPSA) is 67.8 Å². The van der Waals surface area contributed by atoms with Crippen LogP contribution in [0, 0.1) is 0 Å². The SMILES string of the molecule is O=C([O-])C(F)(F)F.[NH3+]CCc1cccs1. The summed E-state index contributed by atoms with van der Waals surface area (Å²) in [7, 11) is 0. The molecule has 0 unspecified atom stereocenters. The molecule has 0 aromatic carbocycles. The molecule has 0 fully saturated rings. The zero-order valence-electron chi connectivity index (χ0n) is 7.71. The van der Waals surface area contributed by atoms with Gasteiger partial charge in [0.25, 0.3) is 0 Å². The lowest BCUT2D eigenvalue weighted by molar-refractivity contribution is -0.366. The Morgan fingerprint density at radius 3 is 2.33 bits per heavy atom. The summed E-state index contributed by atoms with van der Waals surface area (Å²) in [6.45, 7) is 1.01. The van der Waals surface area contributed by atoms with Crippen LogP contribution in [-0.2, 0) is 11.2 Å². The van der Waals surface area contributed by atoms with Crippen LogP contribution in [0.15, 0.2) is 17.5 Å². The minimum absolute atomic E-state index is 1.01. The number of rotatable bonds is 2. The minimum atomic E-state index is -5.19. The molecule has 3 N–H and O–H groups in total. The molecule has 86 valence electrons. The molecule has 0 aliphatic heterocycles. The van der Waals surface area contributed by atoms with Crippen LogP contribution in [-0.4, -0.2) is 18.7 Å². The molecule has 3 nitrogen and oxygen atoms in total. The fraction of sp³-hybridized carbons (Fsp3) is 0.375. The van der Waals surface area contributed by atoms with Crippen molar-refractivity contribution in [3.05, 3.63) is 22.4 Å². The van der Waals surface area contributed by atoms with Crippen LogP contribution >= 0.6 is 11.3 Å². The van der Waals surface area contributed by atoms with E-state index in [0.29, 0.717) is 0 Å². The van der Waals surface area contributed by atoms with E-state index < -0.39 is 12.1 Å². The number of carbonyl (C=O) groups excluding carboxylic acids is 1. The van der Waals surface area contributed by atoms with Gasteiger partial charge in [-0.25, -0.2) is 0 Å². The summed E-state index contributed by atoms with van der Waals surface area (Å²) in [5.41, 5.74) is 3.77. The van der Waals surface area contributed by atoms with E-state index in [-0.39, 0.29) is 0 Å². The summed E-state index contributed by atoms with van der Waals surface area (Å²) >= 11 is 1.81. The predicted molar refractivity (Wildman–Crippen MR) is 46.8 cm³/mol. The zero-order chi connectivity index (χ0) is 11.9. The van der Waals surface area contributed by atoms with Crippen molar-refractivity contribution >= 4 is 17.3 Å². The second-order valence-electron chi connectivity index (χ2n) is 2.47. The fourth-order valence-electron chi connectivity index (χ4n) is 0.629. The second-order valence-corrected chi connectivity index (χ2v) is 3.50. The van der Waals surface area contributed by atoms with Crippen molar-refractivity contribution in [2.45, 2.75) is 12.6 Å². The van der Waals surface area contributed by atoms with Crippen molar-refractivity contribution in [1.29, 1.82) is 0 Å². The van der Waals surface area contributed by atoms with Gasteiger partial charge in [-0.3, -0.25) is 0 Å². The first-order valence-corrected chi connectivity index (χ1v) is 4.85. The highest BCUT2D eigenvalue weighted by atomic mass is 32.1. The van der Waals surface area contributed by atoms with Gasteiger partial charge in [0.2, 0.25) is 0 Å². The summed E-state index contributed by atoms with van der Waals surface area (Å²) < 4.78 is 31.5. The van der Waals surface area contributed by atoms with Crippen molar-refractivity contribution in [3.63, 3.8) is 0 Å². The summed E-state index contributed by atoms with van der Waals surface area (Å²) in [6, 6.07) is 4.23. The largest absolute Gasteiger partial charge is 0.542 e. The molecule has 0 saturated carbocycles. The van der Waals surface area contributed by atoms with Gasteiger partial charge in [0.15, 0.2) is 0 Å². The molecule has 1 aromatic rings. The highest BCUT2D eigenvalue weighted by Crippen LogP contribution is 2.11. The number of halogens is 3. The summed E-state index contributed by atoms with van der Waals surface area (Å²) in [6.07, 6.45) is -4.06. The summed E-state index contributed by atoms with van der Waals surface area (Å²) in [4.78, 5) is 10.2. The van der Waals surface area contributed by atoms with E-state index in [9.17, 15) is 13.2 Å². The van der Waals surface area contributed by atoms with E-state index in [1.54, 1.807) is 0 Å². The number of hydrogen-bond acceptors (Lipinski definition) is 3. The van der Waals surface area contributed by atoms with Crippen LogP contribution in [0.25, 0.3) is 0 Å². The lowest BCUT2D eigenvalue weighted by atomic mass is 10.3. The van der Waals surface area contributed by atoms with Gasteiger partial charge in [-0.1, -0.05) is 6.07 Å². The van der Waals surface area contributed by atoms with Crippen LogP contribution < -0.4 is 10.8 Å². The fourth-order valence-corrected chi connectivity index (χ4v) is 1.38. The molecule has 0 atom stereocenters. The predicted octanol–water partition coefficient (Wildman–Crippen LogP) is -0.169. The molecule has 0 saturated heterocycles. The number of thiophene rings is 1. The minimum Gasteiger partial charge on any atom is -0.542 e. The van der Waals surface area contributed by atoms with Gasteiger partial charge < -0.3 is 15.6 Å². The van der Waals surface area contributed by atoms with Gasteiger partial charge in [0, 0.05) is 11.3 Å². The lowest BCUT2D eigenvalue weighted by Gasteiger charge is -2.03. The third-order valence-electron chi connectivity index (χ3n) is 1.23. The van der Waals surface area contributed by atoms with Crippen LogP contribution in [0.1, 0.15) is 4.88 Å². The van der Waals surface area contributed by atoms with Crippen LogP contribution in [0.5, 0.6) is 0 Å². The maximum Gasteiger partial charge on any atom is 0.430 e. The third-order valence-corrected chi connectivity index (χ3v) is 2.17. The van der Waals surface area contributed by atoms with E-state index in [1.165, 1.54) is 4.88 Å². The van der Waals surface area contributed by atoms with Gasteiger partial charge in [0.1, 0.15) is 5.97 Å². The van der Waals surface area contributed by atoms with E-state index >= 15 is 0 Å². The summed E-state index contributed by atoms with van der Waals surface area (Å²) in [5, 5.41) is 10.9. The maximum absolute atomic E-state index is 10.5. The summed E-state index contributed by atoms with van der Waals surface area (Å²) in [5.74, 6) is -3.01. The molecule has 0 radical (unpaired) electrons. The van der Waals surface area contributed by atoms with Crippen LogP contribution in [0.2, 0.25) is 0 Å². The number of aliphatic carboxylic acids is 1. The quantitative estimate of drug-likeness (QED) is 0.781. The molecule has 1 aromatic heterocycles. The molecule has 0 amide bonds. The molecule has 1 rings (SSSR count). The Morgan fingerprint density at radius 2 is 2.07 bits per heavy atom. The Kier molecular flexibility index (Phi) is 5.95. The molecule has 0 bridgehead atoms. The number of hydrogen-bond donors (Lipinski definition) is 1. The first-order valence-electron chi connectivity index (χ1n) is 3.97. The van der Waals surface area contributed by atoms with Gasteiger partial charge in [0.05, 0.1) is 6.54 Å². The Morgan fingerprint density at radius 1 is 1.53 bits per heavy atom. The number of carboxylic acids is 1. The highest BCUT2D eigenvalue weighted by molar-refractivity contribution is 7.09. The number of carbonyl (C=O) groups is 1. The molecule has 1 heterocycles. The number of alkyl halides is 3. The highest BCUT2D eigenvalue weighted by Gasteiger charge is 2.28. The Hall–Kier alpha value is -1.08. The maximum atomic E-state index is 10.5. The number of quaternary nitrogens is 1. The monoisotopic (exact) mass is 241 g/mol. The van der Waals surface area contributed by atoms with Crippen molar-refractivity contribution < 1.29 is 28.8 Å². The second kappa shape index (κ2) is 6.41. The molecule has 7 heteroatoms. The average molecular weight is 241 g/mol. The van der Waals surface area contributed by atoms with Crippen molar-refractivity contribution in [3.8, 4) is 0 Å². The van der Waals surface area contributed by atoms with E-state index in [1.807, 2.05) is 11.3 Å². The Labute approximate surface area is 88.3 Å². The van der Waals surface area contributed by atoms with Crippen LogP contribution in [0.4, 0.5) is 13.2 Å². The number of carboxylic acid groups (broad SMARTS) is 1.